The first kappa shape index (κ1) is 18.9. The Bertz CT molecular complexity index is 764. The molecule has 132 valence electrons. The molecule has 2 aromatic carbocycles. The Hall–Kier alpha value is -2.41. The Balaban J connectivity index is 1.97. The normalized spacial score (nSPS) is 11.5. The zero-order valence-electron chi connectivity index (χ0n) is 13.7. The molecule has 5 nitrogen and oxygen atoms in total. The van der Waals surface area contributed by atoms with Crippen LogP contribution in [-0.2, 0) is 9.53 Å². The summed E-state index contributed by atoms with van der Waals surface area (Å²) < 4.78 is 24.6. The van der Waals surface area contributed by atoms with E-state index in [2.05, 4.69) is 21.2 Å². The summed E-state index contributed by atoms with van der Waals surface area (Å²) in [6.45, 7) is 3.84. The lowest BCUT2D eigenvalue weighted by atomic mass is 10.2. The lowest BCUT2D eigenvalue weighted by Crippen LogP contribution is -2.30. The number of anilines is 1. The second-order valence-corrected chi connectivity index (χ2v) is 6.03. The van der Waals surface area contributed by atoms with Crippen LogP contribution in [0.3, 0.4) is 0 Å². The molecule has 0 saturated heterocycles. The number of carbonyl (C=O) groups excluding carboxylic acids is 2. The number of esters is 1. The summed E-state index contributed by atoms with van der Waals surface area (Å²) in [5, 5.41) is 2.62. The minimum atomic E-state index is -1.09. The van der Waals surface area contributed by atoms with Crippen molar-refractivity contribution >= 4 is 33.5 Å². The number of nitrogens with one attached hydrogen (secondary N) is 1. The third-order valence-corrected chi connectivity index (χ3v) is 3.73. The predicted molar refractivity (Wildman–Crippen MR) is 95.2 cm³/mol. The summed E-state index contributed by atoms with van der Waals surface area (Å²) in [6, 6.07) is 10.7. The van der Waals surface area contributed by atoms with Crippen LogP contribution in [0.4, 0.5) is 10.1 Å². The molecule has 25 heavy (non-hydrogen) atoms. The van der Waals surface area contributed by atoms with E-state index in [1.165, 1.54) is 19.1 Å². The lowest BCUT2D eigenvalue weighted by molar-refractivity contribution is -0.123. The third-order valence-electron chi connectivity index (χ3n) is 3.23. The molecule has 0 radical (unpaired) electrons. The number of hydrogen-bond donors (Lipinski definition) is 1. The predicted octanol–water partition coefficient (Wildman–Crippen LogP) is 4.17. The first-order valence-electron chi connectivity index (χ1n) is 7.60. The van der Waals surface area contributed by atoms with E-state index in [9.17, 15) is 14.0 Å². The molecule has 0 spiro atoms. The molecule has 0 aliphatic carbocycles. The van der Waals surface area contributed by atoms with Crippen molar-refractivity contribution in [3.63, 3.8) is 0 Å². The highest BCUT2D eigenvalue weighted by Gasteiger charge is 2.21. The molecule has 1 N–H and O–H groups in total. The van der Waals surface area contributed by atoms with E-state index in [-0.39, 0.29) is 5.56 Å². The van der Waals surface area contributed by atoms with Gasteiger partial charge in [-0.25, -0.2) is 9.18 Å². The first-order valence-corrected chi connectivity index (χ1v) is 8.39. The quantitative estimate of drug-likeness (QED) is 0.727. The molecule has 0 aliphatic heterocycles. The molecular formula is C18H17BrFNO4. The monoisotopic (exact) mass is 409 g/mol. The SMILES string of the molecule is CCOc1ccc(NC(=O)[C@H](C)OC(=O)c2cc(Br)ccc2F)cc1. The van der Waals surface area contributed by atoms with E-state index in [4.69, 9.17) is 9.47 Å². The van der Waals surface area contributed by atoms with Crippen LogP contribution in [-0.4, -0.2) is 24.6 Å². The fourth-order valence-corrected chi connectivity index (χ4v) is 2.34. The summed E-state index contributed by atoms with van der Waals surface area (Å²) >= 11 is 3.16. The molecule has 0 fully saturated rings. The Morgan fingerprint density at radius 2 is 1.88 bits per heavy atom. The van der Waals surface area contributed by atoms with Crippen molar-refractivity contribution in [1.82, 2.24) is 0 Å². The molecule has 2 rings (SSSR count). The molecule has 0 unspecified atom stereocenters. The van der Waals surface area contributed by atoms with Gasteiger partial charge in [0, 0.05) is 10.2 Å². The van der Waals surface area contributed by atoms with Gasteiger partial charge in [-0.3, -0.25) is 4.79 Å². The molecule has 7 heteroatoms. The zero-order valence-corrected chi connectivity index (χ0v) is 15.3. The van der Waals surface area contributed by atoms with Gasteiger partial charge in [0.05, 0.1) is 12.2 Å². The van der Waals surface area contributed by atoms with Crippen molar-refractivity contribution < 1.29 is 23.5 Å². The standard InChI is InChI=1S/C18H17BrFNO4/c1-3-24-14-7-5-13(6-8-14)21-17(22)11(2)25-18(23)15-10-12(19)4-9-16(15)20/h4-11H,3H2,1-2H3,(H,21,22)/t11-/m0/s1. The van der Waals surface area contributed by atoms with Crippen molar-refractivity contribution in [3.8, 4) is 5.75 Å². The van der Waals surface area contributed by atoms with Crippen LogP contribution in [0.15, 0.2) is 46.9 Å². The van der Waals surface area contributed by atoms with Crippen molar-refractivity contribution in [1.29, 1.82) is 0 Å². The number of carbonyl (C=O) groups is 2. The second kappa shape index (κ2) is 8.62. The Kier molecular flexibility index (Phi) is 6.52. The topological polar surface area (TPSA) is 64.6 Å². The molecule has 0 aliphatic rings. The Labute approximate surface area is 153 Å². The molecule has 0 bridgehead atoms. The van der Waals surface area contributed by atoms with Gasteiger partial charge in [-0.1, -0.05) is 15.9 Å². The number of ether oxygens (including phenoxy) is 2. The van der Waals surface area contributed by atoms with E-state index >= 15 is 0 Å². The first-order chi connectivity index (χ1) is 11.9. The third kappa shape index (κ3) is 5.29. The average Bonchev–Trinajstić information content (AvgIpc) is 2.58. The van der Waals surface area contributed by atoms with Crippen LogP contribution in [0.2, 0.25) is 0 Å². The smallest absolute Gasteiger partial charge is 0.341 e. The maximum Gasteiger partial charge on any atom is 0.341 e. The van der Waals surface area contributed by atoms with Crippen molar-refractivity contribution in [3.05, 3.63) is 58.3 Å². The van der Waals surface area contributed by atoms with Crippen molar-refractivity contribution in [2.45, 2.75) is 20.0 Å². The molecule has 0 aromatic heterocycles. The highest BCUT2D eigenvalue weighted by molar-refractivity contribution is 9.10. The van der Waals surface area contributed by atoms with Gasteiger partial charge < -0.3 is 14.8 Å². The van der Waals surface area contributed by atoms with E-state index < -0.39 is 23.8 Å². The summed E-state index contributed by atoms with van der Waals surface area (Å²) in [4.78, 5) is 24.1. The minimum Gasteiger partial charge on any atom is -0.494 e. The van der Waals surface area contributed by atoms with Gasteiger partial charge in [0.1, 0.15) is 11.6 Å². The van der Waals surface area contributed by atoms with E-state index in [0.717, 1.165) is 6.07 Å². The molecule has 1 amide bonds. The molecule has 2 aromatic rings. The number of amides is 1. The largest absolute Gasteiger partial charge is 0.494 e. The van der Waals surface area contributed by atoms with Gasteiger partial charge in [0.15, 0.2) is 6.10 Å². The van der Waals surface area contributed by atoms with Gasteiger partial charge in [0.2, 0.25) is 0 Å². The molecule has 0 saturated carbocycles. The van der Waals surface area contributed by atoms with Gasteiger partial charge in [-0.2, -0.15) is 0 Å². The fraction of sp³-hybridized carbons (Fsp3) is 0.222. The molecule has 1 atom stereocenters. The van der Waals surface area contributed by atoms with Crippen LogP contribution >= 0.6 is 15.9 Å². The van der Waals surface area contributed by atoms with Gasteiger partial charge in [0.25, 0.3) is 5.91 Å². The number of halogens is 2. The molecule has 0 heterocycles. The van der Waals surface area contributed by atoms with Crippen LogP contribution in [0.1, 0.15) is 24.2 Å². The van der Waals surface area contributed by atoms with Gasteiger partial charge in [-0.05, 0) is 56.3 Å². The fourth-order valence-electron chi connectivity index (χ4n) is 1.98. The second-order valence-electron chi connectivity index (χ2n) is 5.12. The Morgan fingerprint density at radius 1 is 1.20 bits per heavy atom. The number of hydrogen-bond acceptors (Lipinski definition) is 4. The van der Waals surface area contributed by atoms with Crippen LogP contribution in [0.5, 0.6) is 5.75 Å². The summed E-state index contributed by atoms with van der Waals surface area (Å²) in [5.41, 5.74) is 0.292. The Morgan fingerprint density at radius 3 is 2.52 bits per heavy atom. The average molecular weight is 410 g/mol. The summed E-state index contributed by atoms with van der Waals surface area (Å²) in [5.74, 6) is -1.46. The van der Waals surface area contributed by atoms with E-state index in [1.54, 1.807) is 24.3 Å². The van der Waals surface area contributed by atoms with E-state index in [0.29, 0.717) is 22.5 Å². The van der Waals surface area contributed by atoms with Crippen LogP contribution < -0.4 is 10.1 Å². The lowest BCUT2D eigenvalue weighted by Gasteiger charge is -2.14. The summed E-state index contributed by atoms with van der Waals surface area (Å²) in [6.07, 6.45) is -1.09. The van der Waals surface area contributed by atoms with E-state index in [1.807, 2.05) is 6.92 Å². The van der Waals surface area contributed by atoms with Crippen molar-refractivity contribution in [2.75, 3.05) is 11.9 Å². The minimum absolute atomic E-state index is 0.241. The van der Waals surface area contributed by atoms with Gasteiger partial charge >= 0.3 is 5.97 Å². The maximum absolute atomic E-state index is 13.7. The number of rotatable bonds is 6. The maximum atomic E-state index is 13.7. The molecular weight excluding hydrogens is 393 g/mol. The highest BCUT2D eigenvalue weighted by atomic mass is 79.9. The number of benzene rings is 2. The van der Waals surface area contributed by atoms with Gasteiger partial charge in [-0.15, -0.1) is 0 Å². The highest BCUT2D eigenvalue weighted by Crippen LogP contribution is 2.18. The zero-order chi connectivity index (χ0) is 18.4. The summed E-state index contributed by atoms with van der Waals surface area (Å²) in [7, 11) is 0. The van der Waals surface area contributed by atoms with Crippen LogP contribution in [0.25, 0.3) is 0 Å². The van der Waals surface area contributed by atoms with Crippen molar-refractivity contribution in [2.24, 2.45) is 0 Å². The van der Waals surface area contributed by atoms with Crippen LogP contribution in [0, 0.1) is 5.82 Å².